The van der Waals surface area contributed by atoms with E-state index in [-0.39, 0.29) is 23.7 Å². The monoisotopic (exact) mass is 340 g/mol. The number of nitrogens with zero attached hydrogens (tertiary/aromatic N) is 1. The summed E-state index contributed by atoms with van der Waals surface area (Å²) in [6.45, 7) is 1.22. The van der Waals surface area contributed by atoms with Gasteiger partial charge in [-0.15, -0.1) is 12.4 Å². The Kier molecular flexibility index (Phi) is 7.86. The third-order valence-electron chi connectivity index (χ3n) is 4.85. The molecule has 1 aromatic rings. The smallest absolute Gasteiger partial charge is 0.223 e. The molecule has 130 valence electrons. The van der Waals surface area contributed by atoms with Crippen LogP contribution in [0.3, 0.4) is 0 Å². The summed E-state index contributed by atoms with van der Waals surface area (Å²) >= 11 is 0. The molecule has 1 aliphatic rings. The predicted molar refractivity (Wildman–Crippen MR) is 95.9 cm³/mol. The Balaban J connectivity index is 0.00000264. The second-order valence-corrected chi connectivity index (χ2v) is 6.54. The van der Waals surface area contributed by atoms with Crippen molar-refractivity contribution in [3.8, 4) is 5.75 Å². The molecule has 4 nitrogen and oxygen atoms in total. The van der Waals surface area contributed by atoms with Gasteiger partial charge in [0.1, 0.15) is 5.75 Å². The zero-order chi connectivity index (χ0) is 16.0. The van der Waals surface area contributed by atoms with Gasteiger partial charge in [-0.1, -0.05) is 31.4 Å². The van der Waals surface area contributed by atoms with Crippen molar-refractivity contribution in [3.63, 3.8) is 0 Å². The lowest BCUT2D eigenvalue weighted by Gasteiger charge is -2.36. The maximum atomic E-state index is 12.6. The standard InChI is InChI=1S/C18H28N2O2.ClH/c1-20(13-15-7-6-8-16(11-15)22-2)17(21)12-18(14-19)9-4-3-5-10-18;/h6-8,11H,3-5,9-10,12-14,19H2,1-2H3;1H. The number of ether oxygens (including phenoxy) is 1. The van der Waals surface area contributed by atoms with Gasteiger partial charge in [-0.2, -0.15) is 0 Å². The van der Waals surface area contributed by atoms with Crippen LogP contribution in [0.5, 0.6) is 5.75 Å². The Bertz CT molecular complexity index is 502. The van der Waals surface area contributed by atoms with Crippen molar-refractivity contribution < 1.29 is 9.53 Å². The molecular weight excluding hydrogens is 312 g/mol. The van der Waals surface area contributed by atoms with Crippen LogP contribution in [0.4, 0.5) is 0 Å². The first-order valence-corrected chi connectivity index (χ1v) is 8.15. The van der Waals surface area contributed by atoms with Gasteiger partial charge in [0.2, 0.25) is 5.91 Å². The van der Waals surface area contributed by atoms with Crippen LogP contribution in [-0.2, 0) is 11.3 Å². The number of rotatable bonds is 6. The molecule has 1 aliphatic carbocycles. The van der Waals surface area contributed by atoms with Crippen LogP contribution >= 0.6 is 12.4 Å². The molecule has 1 saturated carbocycles. The Hall–Kier alpha value is -1.26. The Morgan fingerprint density at radius 2 is 2.00 bits per heavy atom. The summed E-state index contributed by atoms with van der Waals surface area (Å²) < 4.78 is 5.23. The third kappa shape index (κ3) is 5.40. The molecule has 23 heavy (non-hydrogen) atoms. The Morgan fingerprint density at radius 3 is 2.61 bits per heavy atom. The highest BCUT2D eigenvalue weighted by molar-refractivity contribution is 5.85. The highest BCUT2D eigenvalue weighted by atomic mass is 35.5. The fourth-order valence-electron chi connectivity index (χ4n) is 3.34. The molecular formula is C18H29ClN2O2. The third-order valence-corrected chi connectivity index (χ3v) is 4.85. The first-order valence-electron chi connectivity index (χ1n) is 8.15. The van der Waals surface area contributed by atoms with Gasteiger partial charge in [0.15, 0.2) is 0 Å². The van der Waals surface area contributed by atoms with Gasteiger partial charge in [0.05, 0.1) is 7.11 Å². The average Bonchev–Trinajstić information content (AvgIpc) is 2.55. The van der Waals surface area contributed by atoms with Gasteiger partial charge in [-0.25, -0.2) is 0 Å². The van der Waals surface area contributed by atoms with E-state index in [1.165, 1.54) is 19.3 Å². The van der Waals surface area contributed by atoms with E-state index in [1.54, 1.807) is 12.0 Å². The van der Waals surface area contributed by atoms with Crippen molar-refractivity contribution in [2.24, 2.45) is 11.1 Å². The first-order chi connectivity index (χ1) is 10.6. The molecule has 2 N–H and O–H groups in total. The number of nitrogens with two attached hydrogens (primary N) is 1. The summed E-state index contributed by atoms with van der Waals surface area (Å²) in [5, 5.41) is 0. The van der Waals surface area contributed by atoms with E-state index in [1.807, 2.05) is 31.3 Å². The normalized spacial score (nSPS) is 16.3. The summed E-state index contributed by atoms with van der Waals surface area (Å²) in [7, 11) is 3.52. The number of amides is 1. The summed E-state index contributed by atoms with van der Waals surface area (Å²) in [5.74, 6) is 1.01. The van der Waals surface area contributed by atoms with E-state index in [0.29, 0.717) is 19.5 Å². The van der Waals surface area contributed by atoms with Crippen LogP contribution < -0.4 is 10.5 Å². The summed E-state index contributed by atoms with van der Waals surface area (Å²) in [4.78, 5) is 14.4. The zero-order valence-electron chi connectivity index (χ0n) is 14.2. The Morgan fingerprint density at radius 1 is 1.30 bits per heavy atom. The van der Waals surface area contributed by atoms with Crippen molar-refractivity contribution in [2.45, 2.75) is 45.1 Å². The molecule has 1 fully saturated rings. The van der Waals surface area contributed by atoms with Gasteiger partial charge in [-0.3, -0.25) is 4.79 Å². The number of hydrogen-bond acceptors (Lipinski definition) is 3. The number of methoxy groups -OCH3 is 1. The molecule has 1 amide bonds. The molecule has 0 saturated heterocycles. The van der Waals surface area contributed by atoms with E-state index in [9.17, 15) is 4.79 Å². The fourth-order valence-corrected chi connectivity index (χ4v) is 3.34. The van der Waals surface area contributed by atoms with E-state index in [2.05, 4.69) is 0 Å². The van der Waals surface area contributed by atoms with Gasteiger partial charge in [0.25, 0.3) is 0 Å². The van der Waals surface area contributed by atoms with E-state index < -0.39 is 0 Å². The van der Waals surface area contributed by atoms with Crippen LogP contribution in [0.25, 0.3) is 0 Å². The van der Waals surface area contributed by atoms with Crippen LogP contribution in [0.2, 0.25) is 0 Å². The highest BCUT2D eigenvalue weighted by Gasteiger charge is 2.33. The molecule has 0 spiro atoms. The second kappa shape index (κ2) is 9.14. The van der Waals surface area contributed by atoms with E-state index >= 15 is 0 Å². The van der Waals surface area contributed by atoms with Crippen molar-refractivity contribution in [1.29, 1.82) is 0 Å². The number of carbonyl (C=O) groups is 1. The molecule has 2 rings (SSSR count). The summed E-state index contributed by atoms with van der Waals surface area (Å²) in [6.07, 6.45) is 6.41. The first kappa shape index (κ1) is 19.8. The molecule has 0 bridgehead atoms. The minimum absolute atomic E-state index is 0. The number of benzene rings is 1. The molecule has 0 aromatic heterocycles. The van der Waals surface area contributed by atoms with Crippen molar-refractivity contribution >= 4 is 18.3 Å². The van der Waals surface area contributed by atoms with Crippen LogP contribution in [-0.4, -0.2) is 31.5 Å². The van der Waals surface area contributed by atoms with Gasteiger partial charge in [0, 0.05) is 20.0 Å². The summed E-state index contributed by atoms with van der Waals surface area (Å²) in [6, 6.07) is 7.86. The lowest BCUT2D eigenvalue weighted by Crippen LogP contribution is -2.39. The van der Waals surface area contributed by atoms with Gasteiger partial charge < -0.3 is 15.4 Å². The minimum Gasteiger partial charge on any atom is -0.497 e. The van der Waals surface area contributed by atoms with Crippen molar-refractivity contribution in [2.75, 3.05) is 20.7 Å². The lowest BCUT2D eigenvalue weighted by atomic mass is 9.71. The molecule has 0 heterocycles. The largest absolute Gasteiger partial charge is 0.497 e. The molecule has 0 radical (unpaired) electrons. The van der Waals surface area contributed by atoms with Crippen molar-refractivity contribution in [3.05, 3.63) is 29.8 Å². The van der Waals surface area contributed by atoms with Gasteiger partial charge >= 0.3 is 0 Å². The quantitative estimate of drug-likeness (QED) is 0.863. The molecule has 1 aromatic carbocycles. The predicted octanol–water partition coefficient (Wildman–Crippen LogP) is 3.37. The molecule has 0 unspecified atom stereocenters. The second-order valence-electron chi connectivity index (χ2n) is 6.54. The molecule has 5 heteroatoms. The minimum atomic E-state index is 0. The number of carbonyl (C=O) groups excluding carboxylic acids is 1. The average molecular weight is 341 g/mol. The van der Waals surface area contributed by atoms with Crippen molar-refractivity contribution in [1.82, 2.24) is 4.90 Å². The fraction of sp³-hybridized carbons (Fsp3) is 0.611. The van der Waals surface area contributed by atoms with Gasteiger partial charge in [-0.05, 0) is 42.5 Å². The molecule has 0 aliphatic heterocycles. The lowest BCUT2D eigenvalue weighted by molar-refractivity contribution is -0.133. The number of halogens is 1. The molecule has 0 atom stereocenters. The number of hydrogen-bond donors (Lipinski definition) is 1. The highest BCUT2D eigenvalue weighted by Crippen LogP contribution is 2.38. The zero-order valence-corrected chi connectivity index (χ0v) is 15.0. The van der Waals surface area contributed by atoms with E-state index in [4.69, 9.17) is 10.5 Å². The summed E-state index contributed by atoms with van der Waals surface area (Å²) in [5.41, 5.74) is 7.10. The van der Waals surface area contributed by atoms with Crippen LogP contribution in [0.15, 0.2) is 24.3 Å². The van der Waals surface area contributed by atoms with E-state index in [0.717, 1.165) is 24.2 Å². The topological polar surface area (TPSA) is 55.6 Å². The van der Waals surface area contributed by atoms with Crippen LogP contribution in [0.1, 0.15) is 44.1 Å². The Labute approximate surface area is 145 Å². The SMILES string of the molecule is COc1cccc(CN(C)C(=O)CC2(CN)CCCCC2)c1.Cl. The van der Waals surface area contributed by atoms with Crippen LogP contribution in [0, 0.1) is 5.41 Å². The maximum Gasteiger partial charge on any atom is 0.223 e. The maximum absolute atomic E-state index is 12.6.